The second-order valence-corrected chi connectivity index (χ2v) is 9.92. The van der Waals surface area contributed by atoms with E-state index in [2.05, 4.69) is 38.2 Å². The van der Waals surface area contributed by atoms with Crippen molar-refractivity contribution in [2.45, 2.75) is 27.7 Å². The Labute approximate surface area is 260 Å². The highest BCUT2D eigenvalue weighted by Crippen LogP contribution is 2.43. The molecule has 0 unspecified atom stereocenters. The highest BCUT2D eigenvalue weighted by molar-refractivity contribution is 5.94. The van der Waals surface area contributed by atoms with Gasteiger partial charge in [0, 0.05) is 33.9 Å². The summed E-state index contributed by atoms with van der Waals surface area (Å²) >= 11 is 0. The van der Waals surface area contributed by atoms with E-state index in [0.29, 0.717) is 5.56 Å². The van der Waals surface area contributed by atoms with Gasteiger partial charge in [-0.1, -0.05) is 50.3 Å². The Bertz CT molecular complexity index is 1820. The lowest BCUT2D eigenvalue weighted by Crippen LogP contribution is -2.14. The van der Waals surface area contributed by atoms with E-state index >= 15 is 4.39 Å². The number of carbonyl (C=O) groups is 4. The van der Waals surface area contributed by atoms with E-state index in [1.807, 2.05) is 0 Å². The summed E-state index contributed by atoms with van der Waals surface area (Å²) in [6, 6.07) is 13.1. The maximum atomic E-state index is 16.1. The molecule has 0 aliphatic rings. The van der Waals surface area contributed by atoms with Gasteiger partial charge in [-0.25, -0.2) is 23.6 Å². The molecule has 3 aromatic carbocycles. The third-order valence-electron chi connectivity index (χ3n) is 5.74. The minimum Gasteiger partial charge on any atom is -0.423 e. The number of hydrogen-bond donors (Lipinski definition) is 0. The molecular formula is C36H29FO8. The molecule has 0 heterocycles. The lowest BCUT2D eigenvalue weighted by atomic mass is 9.99. The molecular weight excluding hydrogens is 579 g/mol. The van der Waals surface area contributed by atoms with Crippen LogP contribution in [0.3, 0.4) is 0 Å². The van der Waals surface area contributed by atoms with E-state index in [0.717, 1.165) is 0 Å². The molecule has 0 atom stereocenters. The second kappa shape index (κ2) is 14.4. The van der Waals surface area contributed by atoms with Crippen LogP contribution in [0.5, 0.6) is 23.0 Å². The molecule has 228 valence electrons. The van der Waals surface area contributed by atoms with Crippen molar-refractivity contribution < 1.29 is 42.5 Å². The third kappa shape index (κ3) is 8.75. The molecule has 3 rings (SSSR count). The van der Waals surface area contributed by atoms with Crippen molar-refractivity contribution in [2.24, 2.45) is 0 Å². The smallest absolute Gasteiger partial charge is 0.338 e. The van der Waals surface area contributed by atoms with Crippen LogP contribution in [0.1, 0.15) is 38.8 Å². The van der Waals surface area contributed by atoms with Crippen molar-refractivity contribution in [3.8, 4) is 46.0 Å². The molecule has 3 aromatic rings. The zero-order valence-electron chi connectivity index (χ0n) is 25.2. The number of carbonyl (C=O) groups excluding carboxylic acids is 4. The van der Waals surface area contributed by atoms with E-state index in [1.165, 1.54) is 70.2 Å². The molecule has 0 amide bonds. The number of ether oxygens (including phenoxy) is 4. The summed E-state index contributed by atoms with van der Waals surface area (Å²) in [5.41, 5.74) is 0.752. The van der Waals surface area contributed by atoms with Crippen molar-refractivity contribution in [1.29, 1.82) is 0 Å². The fourth-order valence-electron chi connectivity index (χ4n) is 3.34. The number of benzene rings is 3. The molecule has 8 nitrogen and oxygen atoms in total. The fourth-order valence-corrected chi connectivity index (χ4v) is 3.34. The average Bonchev–Trinajstić information content (AvgIpc) is 2.98. The van der Waals surface area contributed by atoms with E-state index < -0.39 is 35.4 Å². The van der Waals surface area contributed by atoms with Crippen LogP contribution in [0.2, 0.25) is 0 Å². The molecule has 0 saturated heterocycles. The van der Waals surface area contributed by atoms with Crippen molar-refractivity contribution in [3.05, 3.63) is 120 Å². The Balaban J connectivity index is 2.18. The normalized spacial score (nSPS) is 9.98. The first-order chi connectivity index (χ1) is 21.2. The Morgan fingerprint density at radius 3 is 1.49 bits per heavy atom. The number of halogens is 1. The fraction of sp³-hybridized carbons (Fsp3) is 0.111. The Hall–Kier alpha value is -6.01. The Kier molecular flexibility index (Phi) is 10.7. The summed E-state index contributed by atoms with van der Waals surface area (Å²) in [7, 11) is 0. The van der Waals surface area contributed by atoms with Gasteiger partial charge >= 0.3 is 23.9 Å². The van der Waals surface area contributed by atoms with E-state index in [-0.39, 0.29) is 56.2 Å². The van der Waals surface area contributed by atoms with Gasteiger partial charge in [-0.05, 0) is 69.7 Å². The summed E-state index contributed by atoms with van der Waals surface area (Å²) in [5.74, 6) is 1.09. The Morgan fingerprint density at radius 2 is 1.02 bits per heavy atom. The summed E-state index contributed by atoms with van der Waals surface area (Å²) in [6.45, 7) is 20.0. The highest BCUT2D eigenvalue weighted by atomic mass is 19.1. The minimum absolute atomic E-state index is 0.0215. The molecule has 0 saturated carbocycles. The van der Waals surface area contributed by atoms with Gasteiger partial charge in [-0.15, -0.1) is 0 Å². The molecule has 0 radical (unpaired) electrons. The average molecular weight is 609 g/mol. The molecule has 0 spiro atoms. The van der Waals surface area contributed by atoms with Crippen molar-refractivity contribution in [3.63, 3.8) is 0 Å². The summed E-state index contributed by atoms with van der Waals surface area (Å²) in [5, 5.41) is 0. The molecule has 45 heavy (non-hydrogen) atoms. The lowest BCUT2D eigenvalue weighted by molar-refractivity contribution is -0.131. The van der Waals surface area contributed by atoms with Gasteiger partial charge in [-0.3, -0.25) is 0 Å². The zero-order chi connectivity index (χ0) is 33.4. The van der Waals surface area contributed by atoms with Crippen LogP contribution in [0.25, 0.3) is 11.1 Å². The van der Waals surface area contributed by atoms with E-state index in [9.17, 15) is 19.2 Å². The van der Waals surface area contributed by atoms with Crippen LogP contribution in [0.15, 0.2) is 103 Å². The molecule has 0 N–H and O–H groups in total. The zero-order valence-corrected chi connectivity index (χ0v) is 25.2. The van der Waals surface area contributed by atoms with Crippen molar-refractivity contribution in [2.75, 3.05) is 0 Å². The first-order valence-electron chi connectivity index (χ1n) is 13.3. The summed E-state index contributed by atoms with van der Waals surface area (Å²) in [4.78, 5) is 48.9. The van der Waals surface area contributed by atoms with Gasteiger partial charge in [-0.2, -0.15) is 0 Å². The molecule has 0 bridgehead atoms. The quantitative estimate of drug-likeness (QED) is 0.113. The maximum absolute atomic E-state index is 16.1. The van der Waals surface area contributed by atoms with Crippen molar-refractivity contribution in [1.82, 2.24) is 0 Å². The van der Waals surface area contributed by atoms with Gasteiger partial charge in [0.25, 0.3) is 0 Å². The SMILES string of the molecule is C=C(C)C(=O)Oc1ccc(C#Cc2cc(OC(=O)C(=C)C)c(-c3ccc(OC(=O)C(=C)C)cc3)c(OC(=O)C(=C)C)c2F)cc1. The van der Waals surface area contributed by atoms with Crippen LogP contribution in [0.4, 0.5) is 4.39 Å². The third-order valence-corrected chi connectivity index (χ3v) is 5.74. The molecule has 0 aliphatic carbocycles. The first-order valence-corrected chi connectivity index (χ1v) is 13.3. The van der Waals surface area contributed by atoms with Crippen LogP contribution in [-0.4, -0.2) is 23.9 Å². The highest BCUT2D eigenvalue weighted by Gasteiger charge is 2.26. The van der Waals surface area contributed by atoms with Gasteiger partial charge in [0.05, 0.1) is 11.1 Å². The minimum atomic E-state index is -1.02. The number of rotatable bonds is 9. The molecule has 0 aromatic heterocycles. The standard InChI is InChI=1S/C36H29FO8/c1-20(2)33(38)42-27-15-10-24(11-16-27)9-12-26-19-29(44-35(40)22(5)6)30(32(31(26)37)45-36(41)23(7)8)25-13-17-28(18-14-25)43-34(39)21(3)4/h10-11,13-19H,1,3,5,7H2,2,4,6,8H3. The number of hydrogen-bond acceptors (Lipinski definition) is 8. The van der Waals surface area contributed by atoms with Crippen molar-refractivity contribution >= 4 is 23.9 Å². The first kappa shape index (κ1) is 33.5. The topological polar surface area (TPSA) is 105 Å². The molecule has 9 heteroatoms. The largest absolute Gasteiger partial charge is 0.423 e. The lowest BCUT2D eigenvalue weighted by Gasteiger charge is -2.17. The van der Waals surface area contributed by atoms with Crippen LogP contribution in [0, 0.1) is 17.7 Å². The molecule has 0 fully saturated rings. The van der Waals surface area contributed by atoms with E-state index in [1.54, 1.807) is 12.1 Å². The van der Waals surface area contributed by atoms with Crippen LogP contribution in [-0.2, 0) is 19.2 Å². The van der Waals surface area contributed by atoms with Gasteiger partial charge in [0.2, 0.25) is 0 Å². The predicted molar refractivity (Wildman–Crippen MR) is 166 cm³/mol. The van der Waals surface area contributed by atoms with Crippen LogP contribution < -0.4 is 18.9 Å². The van der Waals surface area contributed by atoms with E-state index in [4.69, 9.17) is 18.9 Å². The van der Waals surface area contributed by atoms with Gasteiger partial charge in [0.15, 0.2) is 11.6 Å². The Morgan fingerprint density at radius 1 is 0.600 bits per heavy atom. The second-order valence-electron chi connectivity index (χ2n) is 9.92. The monoisotopic (exact) mass is 608 g/mol. The van der Waals surface area contributed by atoms with Crippen LogP contribution >= 0.6 is 0 Å². The summed E-state index contributed by atoms with van der Waals surface area (Å²) in [6.07, 6.45) is 0. The van der Waals surface area contributed by atoms with Gasteiger partial charge < -0.3 is 18.9 Å². The summed E-state index contributed by atoms with van der Waals surface area (Å²) < 4.78 is 37.5. The maximum Gasteiger partial charge on any atom is 0.338 e. The predicted octanol–water partition coefficient (Wildman–Crippen LogP) is 6.82. The molecule has 0 aliphatic heterocycles. The van der Waals surface area contributed by atoms with Gasteiger partial charge in [0.1, 0.15) is 17.2 Å². The number of esters is 4.